The highest BCUT2D eigenvalue weighted by molar-refractivity contribution is 14.1. The summed E-state index contributed by atoms with van der Waals surface area (Å²) in [5, 5.41) is 0. The van der Waals surface area contributed by atoms with Crippen LogP contribution >= 0.6 is 22.6 Å². The third-order valence-corrected chi connectivity index (χ3v) is 5.07. The van der Waals surface area contributed by atoms with Crippen molar-refractivity contribution in [1.29, 1.82) is 0 Å². The SMILES string of the molecule is CCOc1cc(C=Nc2ccc(OC)cc2)cc(I)c1OCc1ccc(C)cc1. The second-order valence-corrected chi connectivity index (χ2v) is 7.66. The summed E-state index contributed by atoms with van der Waals surface area (Å²) in [6.45, 7) is 5.10. The van der Waals surface area contributed by atoms with Crippen LogP contribution in [0.1, 0.15) is 23.6 Å². The van der Waals surface area contributed by atoms with Gasteiger partial charge in [0.25, 0.3) is 0 Å². The Morgan fingerprint density at radius 2 is 1.69 bits per heavy atom. The van der Waals surface area contributed by atoms with Crippen LogP contribution < -0.4 is 14.2 Å². The van der Waals surface area contributed by atoms with Crippen molar-refractivity contribution in [3.05, 3.63) is 80.9 Å². The fourth-order valence-corrected chi connectivity index (χ4v) is 3.50. The van der Waals surface area contributed by atoms with Gasteiger partial charge in [0.05, 0.1) is 23.0 Å². The van der Waals surface area contributed by atoms with Crippen molar-refractivity contribution in [3.8, 4) is 17.2 Å². The summed E-state index contributed by atoms with van der Waals surface area (Å²) in [4.78, 5) is 4.55. The zero-order valence-corrected chi connectivity index (χ0v) is 19.0. The molecule has 29 heavy (non-hydrogen) atoms. The molecule has 0 atom stereocenters. The molecular formula is C24H24INO3. The minimum Gasteiger partial charge on any atom is -0.497 e. The molecule has 0 aliphatic rings. The predicted octanol–water partition coefficient (Wildman–Crippen LogP) is 6.34. The first-order valence-corrected chi connectivity index (χ1v) is 10.5. The molecule has 0 amide bonds. The monoisotopic (exact) mass is 501 g/mol. The highest BCUT2D eigenvalue weighted by atomic mass is 127. The van der Waals surface area contributed by atoms with E-state index >= 15 is 0 Å². The molecule has 0 bridgehead atoms. The number of methoxy groups -OCH3 is 1. The number of nitrogens with zero attached hydrogens (tertiary/aromatic N) is 1. The number of halogens is 1. The molecule has 0 unspecified atom stereocenters. The van der Waals surface area contributed by atoms with Gasteiger partial charge in [0.1, 0.15) is 12.4 Å². The molecule has 3 aromatic rings. The molecule has 0 aromatic heterocycles. The molecule has 0 N–H and O–H groups in total. The molecule has 0 saturated carbocycles. The molecule has 5 heteroatoms. The normalized spacial score (nSPS) is 10.9. The molecule has 0 fully saturated rings. The van der Waals surface area contributed by atoms with E-state index in [9.17, 15) is 0 Å². The first kappa shape index (κ1) is 21.2. The van der Waals surface area contributed by atoms with E-state index in [2.05, 4.69) is 58.8 Å². The van der Waals surface area contributed by atoms with Crippen LogP contribution in [0.3, 0.4) is 0 Å². The molecule has 0 saturated heterocycles. The van der Waals surface area contributed by atoms with E-state index in [-0.39, 0.29) is 0 Å². The van der Waals surface area contributed by atoms with Gasteiger partial charge in [-0.15, -0.1) is 0 Å². The lowest BCUT2D eigenvalue weighted by Gasteiger charge is -2.15. The van der Waals surface area contributed by atoms with Crippen LogP contribution in [-0.2, 0) is 6.61 Å². The number of hydrogen-bond donors (Lipinski definition) is 0. The van der Waals surface area contributed by atoms with Crippen LogP contribution in [0, 0.1) is 10.5 Å². The summed E-state index contributed by atoms with van der Waals surface area (Å²) in [6, 6.07) is 20.0. The average Bonchev–Trinajstić information content (AvgIpc) is 2.73. The van der Waals surface area contributed by atoms with Gasteiger partial charge in [-0.25, -0.2) is 0 Å². The standard InChI is InChI=1S/C24H24INO3/c1-4-28-23-14-19(15-26-20-9-11-21(27-3)12-10-20)13-22(25)24(23)29-16-18-7-5-17(2)6-8-18/h5-15H,4,16H2,1-3H3. The zero-order chi connectivity index (χ0) is 20.6. The Bertz CT molecular complexity index is 967. The van der Waals surface area contributed by atoms with Gasteiger partial charge in [-0.3, -0.25) is 4.99 Å². The quantitative estimate of drug-likeness (QED) is 0.267. The predicted molar refractivity (Wildman–Crippen MR) is 126 cm³/mol. The topological polar surface area (TPSA) is 40.0 Å². The molecule has 4 nitrogen and oxygen atoms in total. The van der Waals surface area contributed by atoms with Crippen molar-refractivity contribution in [3.63, 3.8) is 0 Å². The van der Waals surface area contributed by atoms with Crippen molar-refractivity contribution in [2.45, 2.75) is 20.5 Å². The van der Waals surface area contributed by atoms with Gasteiger partial charge in [-0.1, -0.05) is 29.8 Å². The van der Waals surface area contributed by atoms with E-state index in [0.29, 0.717) is 13.2 Å². The molecule has 0 heterocycles. The molecule has 0 aliphatic heterocycles. The number of benzene rings is 3. The zero-order valence-electron chi connectivity index (χ0n) is 16.8. The number of hydrogen-bond acceptors (Lipinski definition) is 4. The van der Waals surface area contributed by atoms with Crippen molar-refractivity contribution >= 4 is 34.5 Å². The molecule has 0 aliphatic carbocycles. The maximum absolute atomic E-state index is 6.10. The van der Waals surface area contributed by atoms with Crippen molar-refractivity contribution in [2.24, 2.45) is 4.99 Å². The first-order chi connectivity index (χ1) is 14.1. The highest BCUT2D eigenvalue weighted by Gasteiger charge is 2.12. The van der Waals surface area contributed by atoms with E-state index in [0.717, 1.165) is 37.6 Å². The Morgan fingerprint density at radius 1 is 0.966 bits per heavy atom. The van der Waals surface area contributed by atoms with Crippen molar-refractivity contribution in [1.82, 2.24) is 0 Å². The summed E-state index contributed by atoms with van der Waals surface area (Å²) >= 11 is 2.28. The minimum atomic E-state index is 0.496. The van der Waals surface area contributed by atoms with Crippen LogP contribution in [0.15, 0.2) is 65.7 Å². The number of aryl methyl sites for hydroxylation is 1. The van der Waals surface area contributed by atoms with Gasteiger partial charge in [0, 0.05) is 6.21 Å². The molecule has 0 spiro atoms. The fourth-order valence-electron chi connectivity index (χ4n) is 2.72. The van der Waals surface area contributed by atoms with Crippen LogP contribution in [-0.4, -0.2) is 19.9 Å². The number of aliphatic imine (C=N–C) groups is 1. The van der Waals surface area contributed by atoms with Crippen molar-refractivity contribution < 1.29 is 14.2 Å². The third-order valence-electron chi connectivity index (χ3n) is 4.27. The van der Waals surface area contributed by atoms with E-state index in [1.54, 1.807) is 7.11 Å². The molecule has 150 valence electrons. The lowest BCUT2D eigenvalue weighted by atomic mass is 10.1. The maximum Gasteiger partial charge on any atom is 0.175 e. The summed E-state index contributed by atoms with van der Waals surface area (Å²) in [6.07, 6.45) is 1.83. The fraction of sp³-hybridized carbons (Fsp3) is 0.208. The van der Waals surface area contributed by atoms with E-state index in [1.807, 2.05) is 49.5 Å². The van der Waals surface area contributed by atoms with Crippen molar-refractivity contribution in [2.75, 3.05) is 13.7 Å². The van der Waals surface area contributed by atoms with Gasteiger partial charge in [-0.05, 0) is 84.0 Å². The summed E-state index contributed by atoms with van der Waals surface area (Å²) in [5.41, 5.74) is 4.17. The maximum atomic E-state index is 6.10. The summed E-state index contributed by atoms with van der Waals surface area (Å²) < 4.78 is 18.1. The van der Waals surface area contributed by atoms with E-state index < -0.39 is 0 Å². The van der Waals surface area contributed by atoms with E-state index in [4.69, 9.17) is 14.2 Å². The number of rotatable bonds is 8. The molecule has 3 aromatic carbocycles. The highest BCUT2D eigenvalue weighted by Crippen LogP contribution is 2.34. The second kappa shape index (κ2) is 10.3. The van der Waals surface area contributed by atoms with Gasteiger partial charge < -0.3 is 14.2 Å². The van der Waals surface area contributed by atoms with Gasteiger partial charge >= 0.3 is 0 Å². The third kappa shape index (κ3) is 5.97. The Morgan fingerprint density at radius 3 is 2.34 bits per heavy atom. The summed E-state index contributed by atoms with van der Waals surface area (Å²) in [7, 11) is 1.65. The Labute approximate surface area is 185 Å². The van der Waals surface area contributed by atoms with Crippen LogP contribution in [0.4, 0.5) is 5.69 Å². The van der Waals surface area contributed by atoms with Crippen LogP contribution in [0.2, 0.25) is 0 Å². The Kier molecular flexibility index (Phi) is 7.52. The lowest BCUT2D eigenvalue weighted by Crippen LogP contribution is -2.02. The van der Waals surface area contributed by atoms with Gasteiger partial charge in [0.15, 0.2) is 11.5 Å². The average molecular weight is 501 g/mol. The first-order valence-electron chi connectivity index (χ1n) is 9.42. The van der Waals surface area contributed by atoms with Crippen LogP contribution in [0.5, 0.6) is 17.2 Å². The molecule has 0 radical (unpaired) electrons. The Hall–Kier alpha value is -2.54. The largest absolute Gasteiger partial charge is 0.497 e. The summed E-state index contributed by atoms with van der Waals surface area (Å²) in [5.74, 6) is 2.30. The van der Waals surface area contributed by atoms with Gasteiger partial charge in [0.2, 0.25) is 0 Å². The molecule has 3 rings (SSSR count). The minimum absolute atomic E-state index is 0.496. The van der Waals surface area contributed by atoms with Gasteiger partial charge in [-0.2, -0.15) is 0 Å². The Balaban J connectivity index is 1.79. The second-order valence-electron chi connectivity index (χ2n) is 6.49. The van der Waals surface area contributed by atoms with E-state index in [1.165, 1.54) is 5.56 Å². The smallest absolute Gasteiger partial charge is 0.175 e. The molecular weight excluding hydrogens is 477 g/mol. The van der Waals surface area contributed by atoms with Crippen LogP contribution in [0.25, 0.3) is 0 Å². The number of ether oxygens (including phenoxy) is 3. The lowest BCUT2D eigenvalue weighted by molar-refractivity contribution is 0.267.